The molecule has 0 radical (unpaired) electrons. The predicted molar refractivity (Wildman–Crippen MR) is 53.1 cm³/mol. The fraction of sp³-hybridized carbons (Fsp3) is 0.500. The molecule has 0 amide bonds. The number of hydrogen-bond donors (Lipinski definition) is 1. The molecule has 1 aromatic rings. The lowest BCUT2D eigenvalue weighted by Gasteiger charge is -2.04. The molecule has 1 aromatic heterocycles. The second-order valence-electron chi connectivity index (χ2n) is 2.88. The van der Waals surface area contributed by atoms with E-state index in [9.17, 15) is 14.9 Å². The number of aliphatic hydroxyl groups is 1. The Morgan fingerprint density at radius 2 is 2.31 bits per heavy atom. The Hall–Kier alpha value is -1.80. The molecular formula is C8H11N3O5. The Bertz CT molecular complexity index is 416. The van der Waals surface area contributed by atoms with Crippen LogP contribution in [0.25, 0.3) is 0 Å². The molecule has 0 aliphatic carbocycles. The summed E-state index contributed by atoms with van der Waals surface area (Å²) in [4.78, 5) is 24.3. The summed E-state index contributed by atoms with van der Waals surface area (Å²) >= 11 is 0. The number of aliphatic hydroxyl groups excluding tert-OH is 1. The van der Waals surface area contributed by atoms with E-state index in [0.29, 0.717) is 0 Å². The summed E-state index contributed by atoms with van der Waals surface area (Å²) in [6.07, 6.45) is 2.02. The van der Waals surface area contributed by atoms with Gasteiger partial charge in [0.1, 0.15) is 6.20 Å². The number of ether oxygens (including phenoxy) is 1. The van der Waals surface area contributed by atoms with Gasteiger partial charge >= 0.3 is 11.4 Å². The van der Waals surface area contributed by atoms with E-state index < -0.39 is 10.6 Å². The van der Waals surface area contributed by atoms with E-state index in [2.05, 4.69) is 4.98 Å². The normalized spacial score (nSPS) is 10.3. The van der Waals surface area contributed by atoms with Crippen LogP contribution in [0.2, 0.25) is 0 Å². The molecule has 0 fully saturated rings. The molecule has 0 aromatic carbocycles. The fourth-order valence-electron chi connectivity index (χ4n) is 1.03. The molecule has 1 N–H and O–H groups in total. The summed E-state index contributed by atoms with van der Waals surface area (Å²) in [5.74, 6) is 0. The van der Waals surface area contributed by atoms with Gasteiger partial charge in [-0.25, -0.2) is 4.79 Å². The van der Waals surface area contributed by atoms with Crippen molar-refractivity contribution in [2.24, 2.45) is 0 Å². The van der Waals surface area contributed by atoms with Crippen molar-refractivity contribution in [3.8, 4) is 0 Å². The third-order valence-corrected chi connectivity index (χ3v) is 1.76. The molecule has 0 aliphatic heterocycles. The highest BCUT2D eigenvalue weighted by Gasteiger charge is 2.08. The Morgan fingerprint density at radius 1 is 1.56 bits per heavy atom. The van der Waals surface area contributed by atoms with Gasteiger partial charge in [-0.2, -0.15) is 4.98 Å². The molecule has 1 rings (SSSR count). The van der Waals surface area contributed by atoms with Crippen molar-refractivity contribution in [1.82, 2.24) is 9.55 Å². The standard InChI is InChI=1S/C8H11N3O5/c12-2-4-16-3-1-10-6-7(11(14)15)5-9-8(10)13/h5-6,12H,1-4H2. The molecule has 8 heteroatoms. The van der Waals surface area contributed by atoms with Crippen LogP contribution in [0.4, 0.5) is 5.69 Å². The van der Waals surface area contributed by atoms with E-state index in [0.717, 1.165) is 17.0 Å². The van der Waals surface area contributed by atoms with Crippen molar-refractivity contribution in [3.63, 3.8) is 0 Å². The molecule has 0 aliphatic rings. The topological polar surface area (TPSA) is 107 Å². The molecule has 8 nitrogen and oxygen atoms in total. The maximum absolute atomic E-state index is 11.2. The zero-order valence-corrected chi connectivity index (χ0v) is 8.40. The van der Waals surface area contributed by atoms with Crippen molar-refractivity contribution < 1.29 is 14.8 Å². The number of nitrogens with zero attached hydrogens (tertiary/aromatic N) is 3. The number of hydrogen-bond acceptors (Lipinski definition) is 6. The first-order valence-electron chi connectivity index (χ1n) is 4.54. The Morgan fingerprint density at radius 3 is 2.94 bits per heavy atom. The second-order valence-corrected chi connectivity index (χ2v) is 2.88. The Kier molecular flexibility index (Phi) is 4.55. The van der Waals surface area contributed by atoms with Crippen molar-refractivity contribution in [3.05, 3.63) is 33.0 Å². The monoisotopic (exact) mass is 229 g/mol. The van der Waals surface area contributed by atoms with Gasteiger partial charge in [-0.05, 0) is 0 Å². The minimum Gasteiger partial charge on any atom is -0.394 e. The highest BCUT2D eigenvalue weighted by atomic mass is 16.6. The first-order chi connectivity index (χ1) is 7.65. The van der Waals surface area contributed by atoms with Gasteiger partial charge in [0.25, 0.3) is 0 Å². The lowest BCUT2D eigenvalue weighted by Crippen LogP contribution is -2.24. The summed E-state index contributed by atoms with van der Waals surface area (Å²) in [5.41, 5.74) is -0.819. The first-order valence-corrected chi connectivity index (χ1v) is 4.54. The highest BCUT2D eigenvalue weighted by Crippen LogP contribution is 2.04. The van der Waals surface area contributed by atoms with Gasteiger partial charge in [0, 0.05) is 0 Å². The fourth-order valence-corrected chi connectivity index (χ4v) is 1.03. The minimum atomic E-state index is -0.627. The number of aromatic nitrogens is 2. The van der Waals surface area contributed by atoms with Gasteiger partial charge in [-0.1, -0.05) is 0 Å². The molecule has 16 heavy (non-hydrogen) atoms. The zero-order valence-electron chi connectivity index (χ0n) is 8.40. The van der Waals surface area contributed by atoms with Crippen LogP contribution in [0.3, 0.4) is 0 Å². The summed E-state index contributed by atoms with van der Waals surface area (Å²) in [7, 11) is 0. The van der Waals surface area contributed by atoms with Crippen LogP contribution in [-0.4, -0.2) is 39.4 Å². The van der Waals surface area contributed by atoms with Gasteiger partial charge in [0.2, 0.25) is 0 Å². The summed E-state index contributed by atoms with van der Waals surface area (Å²) in [6, 6.07) is 0. The minimum absolute atomic E-state index is 0.109. The van der Waals surface area contributed by atoms with Crippen LogP contribution in [-0.2, 0) is 11.3 Å². The quantitative estimate of drug-likeness (QED) is 0.387. The second kappa shape index (κ2) is 5.93. The van der Waals surface area contributed by atoms with Crippen molar-refractivity contribution in [2.75, 3.05) is 19.8 Å². The van der Waals surface area contributed by atoms with E-state index in [1.807, 2.05) is 0 Å². The molecule has 0 saturated heterocycles. The summed E-state index contributed by atoms with van der Waals surface area (Å²) in [6.45, 7) is 0.399. The molecule has 0 saturated carbocycles. The zero-order chi connectivity index (χ0) is 12.0. The van der Waals surface area contributed by atoms with Crippen LogP contribution in [0.1, 0.15) is 0 Å². The Labute approximate surface area is 90.3 Å². The molecule has 1 heterocycles. The van der Waals surface area contributed by atoms with Crippen LogP contribution in [0.5, 0.6) is 0 Å². The van der Waals surface area contributed by atoms with Gasteiger partial charge in [0.15, 0.2) is 0 Å². The average Bonchev–Trinajstić information content (AvgIpc) is 2.26. The van der Waals surface area contributed by atoms with Gasteiger partial charge in [0.05, 0.1) is 37.5 Å². The van der Waals surface area contributed by atoms with E-state index in [1.165, 1.54) is 0 Å². The third kappa shape index (κ3) is 3.41. The molecule has 88 valence electrons. The van der Waals surface area contributed by atoms with Gasteiger partial charge in [-0.15, -0.1) is 0 Å². The molecule has 0 spiro atoms. The van der Waals surface area contributed by atoms with Crippen LogP contribution in [0.15, 0.2) is 17.2 Å². The van der Waals surface area contributed by atoms with Crippen LogP contribution in [0, 0.1) is 10.1 Å². The van der Waals surface area contributed by atoms with Gasteiger partial charge < -0.3 is 9.84 Å². The molecular weight excluding hydrogens is 218 g/mol. The maximum Gasteiger partial charge on any atom is 0.348 e. The highest BCUT2D eigenvalue weighted by molar-refractivity contribution is 5.20. The van der Waals surface area contributed by atoms with Crippen LogP contribution >= 0.6 is 0 Å². The van der Waals surface area contributed by atoms with Crippen molar-refractivity contribution >= 4 is 5.69 Å². The SMILES string of the molecule is O=c1ncc([N+](=O)[O-])cn1CCOCCO. The lowest BCUT2D eigenvalue weighted by molar-refractivity contribution is -0.385. The summed E-state index contributed by atoms with van der Waals surface area (Å²) in [5, 5.41) is 18.9. The van der Waals surface area contributed by atoms with Crippen molar-refractivity contribution in [2.45, 2.75) is 6.54 Å². The number of rotatable bonds is 6. The third-order valence-electron chi connectivity index (χ3n) is 1.76. The average molecular weight is 229 g/mol. The smallest absolute Gasteiger partial charge is 0.348 e. The van der Waals surface area contributed by atoms with E-state index in [-0.39, 0.29) is 32.1 Å². The first kappa shape index (κ1) is 12.3. The van der Waals surface area contributed by atoms with Crippen molar-refractivity contribution in [1.29, 1.82) is 0 Å². The van der Waals surface area contributed by atoms with Gasteiger partial charge in [-0.3, -0.25) is 14.7 Å². The van der Waals surface area contributed by atoms with E-state index in [1.54, 1.807) is 0 Å². The summed E-state index contributed by atoms with van der Waals surface area (Å²) < 4.78 is 6.03. The lowest BCUT2D eigenvalue weighted by atomic mass is 10.5. The van der Waals surface area contributed by atoms with Crippen LogP contribution < -0.4 is 5.69 Å². The number of nitro groups is 1. The predicted octanol–water partition coefficient (Wildman–Crippen LogP) is -0.840. The van der Waals surface area contributed by atoms with E-state index >= 15 is 0 Å². The molecule has 0 bridgehead atoms. The Balaban J connectivity index is 2.67. The van der Waals surface area contributed by atoms with E-state index in [4.69, 9.17) is 9.84 Å². The molecule has 0 atom stereocenters. The maximum atomic E-state index is 11.2. The largest absolute Gasteiger partial charge is 0.394 e. The molecule has 0 unspecified atom stereocenters.